The smallest absolute Gasteiger partial charge is 0.224 e. The first-order chi connectivity index (χ1) is 12.2. The molecule has 1 saturated heterocycles. The van der Waals surface area contributed by atoms with Gasteiger partial charge in [-0.3, -0.25) is 0 Å². The number of hydrogen-bond donors (Lipinski definition) is 1. The molecule has 4 rings (SSSR count). The van der Waals surface area contributed by atoms with Gasteiger partial charge >= 0.3 is 0 Å². The van der Waals surface area contributed by atoms with Crippen LogP contribution in [0.5, 0.6) is 0 Å². The third kappa shape index (κ3) is 3.60. The molecule has 0 radical (unpaired) electrons. The maximum absolute atomic E-state index is 13.7. The Kier molecular flexibility index (Phi) is 4.82. The number of quaternary nitrogens is 1. The minimum absolute atomic E-state index is 0.0794. The second-order valence-corrected chi connectivity index (χ2v) is 8.19. The van der Waals surface area contributed by atoms with Crippen LogP contribution < -0.4 is 10.2 Å². The molecule has 1 aromatic heterocycles. The van der Waals surface area contributed by atoms with Gasteiger partial charge in [0.1, 0.15) is 12.4 Å². The van der Waals surface area contributed by atoms with E-state index in [4.69, 9.17) is 4.98 Å². The van der Waals surface area contributed by atoms with E-state index in [2.05, 4.69) is 22.1 Å². The Morgan fingerprint density at radius 1 is 1.28 bits per heavy atom. The molecule has 1 aliphatic carbocycles. The molecule has 0 bridgehead atoms. The molecule has 3 heterocycles. The lowest BCUT2D eigenvalue weighted by molar-refractivity contribution is -0.897. The second kappa shape index (κ2) is 7.08. The van der Waals surface area contributed by atoms with Crippen molar-refractivity contribution in [2.75, 3.05) is 36.4 Å². The van der Waals surface area contributed by atoms with Crippen LogP contribution in [0.4, 0.5) is 11.8 Å². The van der Waals surface area contributed by atoms with Crippen molar-refractivity contribution in [2.24, 2.45) is 5.92 Å². The van der Waals surface area contributed by atoms with Crippen LogP contribution in [0.3, 0.4) is 0 Å². The largest absolute Gasteiger partial charge is 0.632 e. The molecule has 1 saturated carbocycles. The van der Waals surface area contributed by atoms with Crippen molar-refractivity contribution in [2.45, 2.75) is 64.5 Å². The Balaban J connectivity index is 1.61. The minimum atomic E-state index is -0.0794. The van der Waals surface area contributed by atoms with Gasteiger partial charge in [0.2, 0.25) is 5.95 Å². The van der Waals surface area contributed by atoms with Crippen molar-refractivity contribution in [3.05, 3.63) is 17.0 Å². The molecule has 1 unspecified atom stereocenters. The number of aromatic nitrogens is 2. The molecule has 0 aromatic carbocycles. The summed E-state index contributed by atoms with van der Waals surface area (Å²) in [6.07, 6.45) is 10.3. The zero-order valence-corrected chi connectivity index (χ0v) is 15.4. The average molecular weight is 345 g/mol. The molecule has 6 heteroatoms. The highest BCUT2D eigenvalue weighted by atomic mass is 16.5. The van der Waals surface area contributed by atoms with Gasteiger partial charge in [-0.25, -0.2) is 4.98 Å². The quantitative estimate of drug-likeness (QED) is 0.655. The Morgan fingerprint density at radius 3 is 2.92 bits per heavy atom. The molecule has 0 amide bonds. The number of hydrogen-bond acceptors (Lipinski definition) is 5. The summed E-state index contributed by atoms with van der Waals surface area (Å²) < 4.78 is -0.0794. The van der Waals surface area contributed by atoms with Gasteiger partial charge in [0.25, 0.3) is 0 Å². The van der Waals surface area contributed by atoms with Gasteiger partial charge in [-0.05, 0) is 32.1 Å². The summed E-state index contributed by atoms with van der Waals surface area (Å²) in [4.78, 5) is 11.7. The third-order valence-electron chi connectivity index (χ3n) is 6.09. The summed E-state index contributed by atoms with van der Waals surface area (Å²) in [5.41, 5.74) is 1.04. The third-order valence-corrected chi connectivity index (χ3v) is 6.09. The van der Waals surface area contributed by atoms with Crippen LogP contribution in [0.25, 0.3) is 0 Å². The van der Waals surface area contributed by atoms with Crippen LogP contribution >= 0.6 is 0 Å². The first kappa shape index (κ1) is 17.0. The summed E-state index contributed by atoms with van der Waals surface area (Å²) >= 11 is 0. The van der Waals surface area contributed by atoms with E-state index < -0.39 is 0 Å². The predicted octanol–water partition coefficient (Wildman–Crippen LogP) is 3.29. The molecule has 138 valence electrons. The number of hydroxylamine groups is 3. The number of nitrogens with one attached hydrogen (secondary N) is 1. The summed E-state index contributed by atoms with van der Waals surface area (Å²) in [7, 11) is 0. The topological polar surface area (TPSA) is 64.1 Å². The lowest BCUT2D eigenvalue weighted by Gasteiger charge is -2.45. The molecule has 3 aliphatic rings. The monoisotopic (exact) mass is 345 g/mol. The maximum Gasteiger partial charge on any atom is 0.224 e. The van der Waals surface area contributed by atoms with E-state index >= 15 is 0 Å². The summed E-state index contributed by atoms with van der Waals surface area (Å²) in [5, 5.41) is 17.0. The van der Waals surface area contributed by atoms with Crippen molar-refractivity contribution < 1.29 is 4.65 Å². The number of anilines is 2. The number of nitrogens with zero attached hydrogens (tertiary/aromatic N) is 4. The fourth-order valence-electron chi connectivity index (χ4n) is 4.95. The molecular formula is C19H31N5O. The van der Waals surface area contributed by atoms with E-state index in [1.807, 2.05) is 6.20 Å². The molecule has 6 nitrogen and oxygen atoms in total. The zero-order chi connectivity index (χ0) is 17.3. The number of fused-ring (bicyclic) bond motifs is 3. The fraction of sp³-hybridized carbons (Fsp3) is 0.789. The maximum atomic E-state index is 13.7. The van der Waals surface area contributed by atoms with Crippen LogP contribution in [-0.2, 0) is 6.54 Å². The van der Waals surface area contributed by atoms with Gasteiger partial charge in [-0.2, -0.15) is 4.98 Å². The van der Waals surface area contributed by atoms with Crippen LogP contribution in [0.2, 0.25) is 0 Å². The zero-order valence-electron chi connectivity index (χ0n) is 15.4. The molecule has 2 aliphatic heterocycles. The summed E-state index contributed by atoms with van der Waals surface area (Å²) in [6.45, 7) is 6.06. The van der Waals surface area contributed by atoms with Crippen LogP contribution in [0, 0.1) is 11.1 Å². The Hall–Kier alpha value is -1.40. The molecule has 2 fully saturated rings. The van der Waals surface area contributed by atoms with Crippen molar-refractivity contribution in [3.8, 4) is 0 Å². The molecule has 2 atom stereocenters. The van der Waals surface area contributed by atoms with Crippen molar-refractivity contribution in [3.63, 3.8) is 0 Å². The predicted molar refractivity (Wildman–Crippen MR) is 100 cm³/mol. The standard InChI is InChI=1S/C19H31N5O/c1-2-9-20-19-21-11-16-13-24(25,12-15-6-3-4-7-15)14-17-8-5-10-23(17)18(16)22-19/h11,15,17H,2-10,12-14H2,1H3,(H,20,21,22)/t17-,24?/m0/s1. The van der Waals surface area contributed by atoms with Crippen molar-refractivity contribution in [1.82, 2.24) is 9.97 Å². The highest BCUT2D eigenvalue weighted by Crippen LogP contribution is 2.37. The van der Waals surface area contributed by atoms with Crippen molar-refractivity contribution in [1.29, 1.82) is 0 Å². The molecule has 1 N–H and O–H groups in total. The summed E-state index contributed by atoms with van der Waals surface area (Å²) in [6, 6.07) is 0.342. The van der Waals surface area contributed by atoms with E-state index in [1.165, 1.54) is 25.7 Å². The molecule has 0 spiro atoms. The first-order valence-electron chi connectivity index (χ1n) is 10.1. The van der Waals surface area contributed by atoms with E-state index in [0.717, 1.165) is 50.3 Å². The molecule has 1 aromatic rings. The highest BCUT2D eigenvalue weighted by molar-refractivity contribution is 5.51. The lowest BCUT2D eigenvalue weighted by atomic mass is 10.1. The second-order valence-electron chi connectivity index (χ2n) is 8.19. The Labute approximate surface area is 150 Å². The van der Waals surface area contributed by atoms with Gasteiger partial charge in [-0.1, -0.05) is 19.8 Å². The van der Waals surface area contributed by atoms with E-state index in [-0.39, 0.29) is 4.65 Å². The van der Waals surface area contributed by atoms with Crippen LogP contribution in [-0.4, -0.2) is 46.8 Å². The van der Waals surface area contributed by atoms with Crippen LogP contribution in [0.15, 0.2) is 6.20 Å². The van der Waals surface area contributed by atoms with Gasteiger partial charge in [0, 0.05) is 25.2 Å². The molecular weight excluding hydrogens is 314 g/mol. The fourth-order valence-corrected chi connectivity index (χ4v) is 4.95. The van der Waals surface area contributed by atoms with Crippen LogP contribution in [0.1, 0.15) is 57.4 Å². The normalized spacial score (nSPS) is 29.4. The van der Waals surface area contributed by atoms with Gasteiger partial charge in [-0.15, -0.1) is 0 Å². The molecule has 25 heavy (non-hydrogen) atoms. The minimum Gasteiger partial charge on any atom is -0.632 e. The summed E-state index contributed by atoms with van der Waals surface area (Å²) in [5.74, 6) is 2.33. The Morgan fingerprint density at radius 2 is 2.12 bits per heavy atom. The van der Waals surface area contributed by atoms with Gasteiger partial charge in [0.15, 0.2) is 0 Å². The van der Waals surface area contributed by atoms with E-state index in [0.29, 0.717) is 31.0 Å². The highest BCUT2D eigenvalue weighted by Gasteiger charge is 2.39. The average Bonchev–Trinajstić information content (AvgIpc) is 3.23. The van der Waals surface area contributed by atoms with E-state index in [1.54, 1.807) is 0 Å². The lowest BCUT2D eigenvalue weighted by Crippen LogP contribution is -2.50. The number of rotatable bonds is 5. The van der Waals surface area contributed by atoms with Crippen molar-refractivity contribution >= 4 is 11.8 Å². The first-order valence-corrected chi connectivity index (χ1v) is 10.1. The van der Waals surface area contributed by atoms with Gasteiger partial charge in [0.05, 0.1) is 24.7 Å². The van der Waals surface area contributed by atoms with E-state index in [9.17, 15) is 5.21 Å². The SMILES string of the molecule is CCCNc1ncc2c(n1)N1CCC[C@H]1C[N+]([O-])(CC1CCCC1)C2. The Bertz CT molecular complexity index is 603. The van der Waals surface area contributed by atoms with Gasteiger partial charge < -0.3 is 20.1 Å².